The largest absolute Gasteiger partial charge is 0.369 e. The third kappa shape index (κ3) is 6.16. The van der Waals surface area contributed by atoms with Crippen LogP contribution in [0, 0.1) is 11.3 Å². The lowest BCUT2D eigenvalue weighted by atomic mass is 9.85. The monoisotopic (exact) mass is 245 g/mol. The summed E-state index contributed by atoms with van der Waals surface area (Å²) in [5.41, 5.74) is 5.26. The summed E-state index contributed by atoms with van der Waals surface area (Å²) in [5, 5.41) is -0.251. The highest BCUT2D eigenvalue weighted by Gasteiger charge is 2.25. The van der Waals surface area contributed by atoms with Crippen molar-refractivity contribution in [3.05, 3.63) is 0 Å². The molecule has 0 saturated heterocycles. The zero-order chi connectivity index (χ0) is 12.9. The van der Waals surface area contributed by atoms with Gasteiger partial charge in [0.05, 0.1) is 5.25 Å². The van der Waals surface area contributed by atoms with Crippen molar-refractivity contribution >= 4 is 23.5 Å². The summed E-state index contributed by atoms with van der Waals surface area (Å²) in [6.07, 6.45) is 2.94. The molecule has 0 spiro atoms. The highest BCUT2D eigenvalue weighted by molar-refractivity contribution is 7.99. The van der Waals surface area contributed by atoms with Crippen LogP contribution in [0.4, 0.5) is 0 Å². The van der Waals surface area contributed by atoms with Crippen molar-refractivity contribution in [3.8, 4) is 0 Å². The van der Waals surface area contributed by atoms with Gasteiger partial charge in [-0.25, -0.2) is 0 Å². The minimum atomic E-state index is -0.331. The van der Waals surface area contributed by atoms with Crippen LogP contribution in [0.5, 0.6) is 0 Å². The third-order valence-corrected chi connectivity index (χ3v) is 3.42. The molecule has 0 aromatic carbocycles. The predicted molar refractivity (Wildman–Crippen MR) is 69.4 cm³/mol. The number of rotatable bonds is 6. The molecule has 0 aliphatic rings. The fraction of sp³-hybridized carbons (Fsp3) is 0.833. The van der Waals surface area contributed by atoms with Crippen LogP contribution in [0.3, 0.4) is 0 Å². The Balaban J connectivity index is 4.29. The predicted octanol–water partition coefficient (Wildman–Crippen LogP) is 2.23. The van der Waals surface area contributed by atoms with E-state index in [9.17, 15) is 9.59 Å². The standard InChI is InChI=1S/C12H23NO2S/c1-8(6-10(16-5)11(13)15)9(14)7-12(2,3)4/h8,10H,6-7H2,1-5H3,(H2,13,15). The summed E-state index contributed by atoms with van der Waals surface area (Å²) >= 11 is 1.41. The summed E-state index contributed by atoms with van der Waals surface area (Å²) in [6.45, 7) is 7.99. The molecule has 0 bridgehead atoms. The van der Waals surface area contributed by atoms with Gasteiger partial charge in [-0.05, 0) is 18.1 Å². The van der Waals surface area contributed by atoms with Crippen LogP contribution < -0.4 is 5.73 Å². The fourth-order valence-corrected chi connectivity index (χ4v) is 2.19. The summed E-state index contributed by atoms with van der Waals surface area (Å²) in [5.74, 6) is -0.208. The summed E-state index contributed by atoms with van der Waals surface area (Å²) < 4.78 is 0. The molecule has 3 nitrogen and oxygen atoms in total. The Hall–Kier alpha value is -0.510. The van der Waals surface area contributed by atoms with Crippen molar-refractivity contribution < 1.29 is 9.59 Å². The van der Waals surface area contributed by atoms with Crippen molar-refractivity contribution in [1.29, 1.82) is 0 Å². The van der Waals surface area contributed by atoms with Gasteiger partial charge in [0, 0.05) is 12.3 Å². The van der Waals surface area contributed by atoms with Crippen LogP contribution in [0.1, 0.15) is 40.5 Å². The summed E-state index contributed by atoms with van der Waals surface area (Å²) in [6, 6.07) is 0. The first-order valence-electron chi connectivity index (χ1n) is 5.52. The van der Waals surface area contributed by atoms with E-state index in [1.54, 1.807) is 0 Å². The number of primary amides is 1. The third-order valence-electron chi connectivity index (χ3n) is 2.42. The van der Waals surface area contributed by atoms with E-state index < -0.39 is 0 Å². The van der Waals surface area contributed by atoms with Gasteiger partial charge in [0.25, 0.3) is 0 Å². The first kappa shape index (κ1) is 15.5. The molecule has 0 aliphatic heterocycles. The number of amides is 1. The van der Waals surface area contributed by atoms with Gasteiger partial charge in [0.2, 0.25) is 5.91 Å². The van der Waals surface area contributed by atoms with E-state index >= 15 is 0 Å². The molecule has 0 radical (unpaired) electrons. The normalized spacial score (nSPS) is 15.6. The molecule has 0 rings (SSSR count). The van der Waals surface area contributed by atoms with Crippen LogP contribution in [0.15, 0.2) is 0 Å². The minimum absolute atomic E-state index is 0.00687. The van der Waals surface area contributed by atoms with E-state index in [2.05, 4.69) is 0 Å². The fourth-order valence-electron chi connectivity index (χ4n) is 1.48. The highest BCUT2D eigenvalue weighted by atomic mass is 32.2. The van der Waals surface area contributed by atoms with Crippen LogP contribution in [-0.2, 0) is 9.59 Å². The Morgan fingerprint density at radius 1 is 1.31 bits per heavy atom. The average molecular weight is 245 g/mol. The van der Waals surface area contributed by atoms with E-state index in [0.29, 0.717) is 12.8 Å². The maximum absolute atomic E-state index is 11.9. The smallest absolute Gasteiger partial charge is 0.230 e. The second-order valence-electron chi connectivity index (χ2n) is 5.47. The second-order valence-corrected chi connectivity index (χ2v) is 6.51. The average Bonchev–Trinajstić information content (AvgIpc) is 2.10. The Morgan fingerprint density at radius 3 is 2.12 bits per heavy atom. The molecular weight excluding hydrogens is 222 g/mol. The quantitative estimate of drug-likeness (QED) is 0.780. The number of carbonyl (C=O) groups excluding carboxylic acids is 2. The first-order chi connectivity index (χ1) is 7.17. The number of hydrogen-bond donors (Lipinski definition) is 1. The number of Topliss-reactive ketones (excluding diaryl/α,β-unsaturated/α-hetero) is 1. The van der Waals surface area contributed by atoms with E-state index in [0.717, 1.165) is 0 Å². The minimum Gasteiger partial charge on any atom is -0.369 e. The maximum Gasteiger partial charge on any atom is 0.230 e. The highest BCUT2D eigenvalue weighted by Crippen LogP contribution is 2.24. The zero-order valence-electron chi connectivity index (χ0n) is 10.9. The van der Waals surface area contributed by atoms with Crippen molar-refractivity contribution in [2.24, 2.45) is 17.1 Å². The van der Waals surface area contributed by atoms with Crippen LogP contribution in [0.2, 0.25) is 0 Å². The zero-order valence-corrected chi connectivity index (χ0v) is 11.7. The number of ketones is 1. The molecule has 2 atom stereocenters. The molecule has 0 saturated carbocycles. The molecule has 0 aromatic rings. The van der Waals surface area contributed by atoms with Crippen LogP contribution >= 0.6 is 11.8 Å². The molecule has 4 heteroatoms. The van der Waals surface area contributed by atoms with Gasteiger partial charge < -0.3 is 5.73 Å². The Kier molecular flexibility index (Phi) is 6.08. The first-order valence-corrected chi connectivity index (χ1v) is 6.81. The van der Waals surface area contributed by atoms with E-state index in [1.165, 1.54) is 11.8 Å². The molecular formula is C12H23NO2S. The van der Waals surface area contributed by atoms with Gasteiger partial charge in [0.1, 0.15) is 5.78 Å². The summed E-state index contributed by atoms with van der Waals surface area (Å²) in [4.78, 5) is 22.9. The second kappa shape index (κ2) is 6.28. The van der Waals surface area contributed by atoms with E-state index in [4.69, 9.17) is 5.73 Å². The van der Waals surface area contributed by atoms with Crippen LogP contribution in [0.25, 0.3) is 0 Å². The van der Waals surface area contributed by atoms with Gasteiger partial charge in [-0.15, -0.1) is 0 Å². The molecule has 1 amide bonds. The van der Waals surface area contributed by atoms with Crippen molar-refractivity contribution in [2.75, 3.05) is 6.26 Å². The molecule has 0 heterocycles. The molecule has 94 valence electrons. The number of carbonyl (C=O) groups is 2. The molecule has 16 heavy (non-hydrogen) atoms. The van der Waals surface area contributed by atoms with Gasteiger partial charge in [-0.2, -0.15) is 11.8 Å². The number of hydrogen-bond acceptors (Lipinski definition) is 3. The van der Waals surface area contributed by atoms with Crippen molar-refractivity contribution in [3.63, 3.8) is 0 Å². The van der Waals surface area contributed by atoms with Crippen molar-refractivity contribution in [2.45, 2.75) is 45.8 Å². The molecule has 0 fully saturated rings. The lowest BCUT2D eigenvalue weighted by molar-refractivity contribution is -0.124. The Morgan fingerprint density at radius 2 is 1.81 bits per heavy atom. The molecule has 0 aliphatic carbocycles. The number of nitrogens with two attached hydrogens (primary N) is 1. The number of thioether (sulfide) groups is 1. The summed E-state index contributed by atoms with van der Waals surface area (Å²) in [7, 11) is 0. The maximum atomic E-state index is 11.9. The van der Waals surface area contributed by atoms with Gasteiger partial charge in [-0.3, -0.25) is 9.59 Å². The SMILES string of the molecule is CSC(CC(C)C(=O)CC(C)(C)C)C(N)=O. The van der Waals surface area contributed by atoms with E-state index in [1.807, 2.05) is 34.0 Å². The van der Waals surface area contributed by atoms with Gasteiger partial charge in [-0.1, -0.05) is 27.7 Å². The lowest BCUT2D eigenvalue weighted by Gasteiger charge is -2.21. The van der Waals surface area contributed by atoms with Gasteiger partial charge >= 0.3 is 0 Å². The van der Waals surface area contributed by atoms with Gasteiger partial charge in [0.15, 0.2) is 0 Å². The Bertz CT molecular complexity index is 258. The van der Waals surface area contributed by atoms with Crippen molar-refractivity contribution in [1.82, 2.24) is 0 Å². The van der Waals surface area contributed by atoms with Crippen LogP contribution in [-0.4, -0.2) is 23.2 Å². The lowest BCUT2D eigenvalue weighted by Crippen LogP contribution is -2.30. The molecule has 2 N–H and O–H groups in total. The molecule has 2 unspecified atom stereocenters. The Labute approximate surface area is 103 Å². The molecule has 0 aromatic heterocycles. The topological polar surface area (TPSA) is 60.2 Å². The van der Waals surface area contributed by atoms with E-state index in [-0.39, 0.29) is 28.3 Å².